The van der Waals surface area contributed by atoms with Crippen molar-refractivity contribution in [3.63, 3.8) is 0 Å². The number of thioether (sulfide) groups is 1. The molecule has 1 aromatic rings. The van der Waals surface area contributed by atoms with E-state index in [9.17, 15) is 5.11 Å². The summed E-state index contributed by atoms with van der Waals surface area (Å²) in [5.74, 6) is 1.86. The highest BCUT2D eigenvalue weighted by Crippen LogP contribution is 2.24. The van der Waals surface area contributed by atoms with Crippen LogP contribution in [0.4, 0.5) is 0 Å². The van der Waals surface area contributed by atoms with Crippen molar-refractivity contribution in [2.24, 2.45) is 0 Å². The van der Waals surface area contributed by atoms with Crippen LogP contribution in [0.3, 0.4) is 0 Å². The van der Waals surface area contributed by atoms with Gasteiger partial charge in [0.2, 0.25) is 0 Å². The summed E-state index contributed by atoms with van der Waals surface area (Å²) in [6.07, 6.45) is 0.428. The molecule has 0 spiro atoms. The van der Waals surface area contributed by atoms with Gasteiger partial charge >= 0.3 is 0 Å². The molecule has 16 heavy (non-hydrogen) atoms. The van der Waals surface area contributed by atoms with Gasteiger partial charge < -0.3 is 5.11 Å². The SMILES string of the molecule is CCSCC(O)Cc1nc(C(C)(C)C)cs1. The van der Waals surface area contributed by atoms with Crippen LogP contribution in [0.15, 0.2) is 5.38 Å². The smallest absolute Gasteiger partial charge is 0.0954 e. The number of nitrogens with zero attached hydrogens (tertiary/aromatic N) is 1. The second-order valence-electron chi connectivity index (χ2n) is 4.89. The highest BCUT2D eigenvalue weighted by Gasteiger charge is 2.18. The number of aliphatic hydroxyl groups is 1. The van der Waals surface area contributed by atoms with Gasteiger partial charge in [-0.3, -0.25) is 0 Å². The fraction of sp³-hybridized carbons (Fsp3) is 0.750. The number of aliphatic hydroxyl groups excluding tert-OH is 1. The third kappa shape index (κ3) is 4.44. The first-order valence-electron chi connectivity index (χ1n) is 5.64. The minimum atomic E-state index is -0.260. The lowest BCUT2D eigenvalue weighted by Crippen LogP contribution is -2.15. The molecule has 0 bridgehead atoms. The third-order valence-electron chi connectivity index (χ3n) is 2.24. The molecule has 1 atom stereocenters. The molecule has 0 amide bonds. The van der Waals surface area contributed by atoms with Gasteiger partial charge in [-0.2, -0.15) is 11.8 Å². The monoisotopic (exact) mass is 259 g/mol. The highest BCUT2D eigenvalue weighted by atomic mass is 32.2. The molecule has 0 aliphatic rings. The molecule has 0 radical (unpaired) electrons. The number of rotatable bonds is 5. The molecule has 0 saturated heterocycles. The largest absolute Gasteiger partial charge is 0.392 e. The normalized spacial score (nSPS) is 14.1. The van der Waals surface area contributed by atoms with E-state index in [0.717, 1.165) is 22.2 Å². The van der Waals surface area contributed by atoms with Crippen LogP contribution in [0.5, 0.6) is 0 Å². The molecule has 2 nitrogen and oxygen atoms in total. The van der Waals surface area contributed by atoms with Crippen LogP contribution in [0, 0.1) is 0 Å². The quantitative estimate of drug-likeness (QED) is 0.882. The summed E-state index contributed by atoms with van der Waals surface area (Å²) in [5, 5.41) is 12.9. The van der Waals surface area contributed by atoms with E-state index in [0.29, 0.717) is 6.42 Å². The molecule has 0 fully saturated rings. The van der Waals surface area contributed by atoms with Gasteiger partial charge in [0, 0.05) is 23.0 Å². The van der Waals surface area contributed by atoms with E-state index in [4.69, 9.17) is 0 Å². The van der Waals surface area contributed by atoms with Crippen LogP contribution in [0.25, 0.3) is 0 Å². The lowest BCUT2D eigenvalue weighted by Gasteiger charge is -2.14. The van der Waals surface area contributed by atoms with Gasteiger partial charge in [-0.05, 0) is 5.75 Å². The van der Waals surface area contributed by atoms with E-state index < -0.39 is 0 Å². The van der Waals surface area contributed by atoms with E-state index in [-0.39, 0.29) is 11.5 Å². The first-order chi connectivity index (χ1) is 7.43. The van der Waals surface area contributed by atoms with Crippen molar-refractivity contribution >= 4 is 23.1 Å². The zero-order chi connectivity index (χ0) is 12.2. The molecule has 1 N–H and O–H groups in total. The Balaban J connectivity index is 2.52. The Hall–Kier alpha value is -0.0600. The minimum absolute atomic E-state index is 0.109. The van der Waals surface area contributed by atoms with E-state index in [1.54, 1.807) is 23.1 Å². The molecule has 1 rings (SSSR count). The summed E-state index contributed by atoms with van der Waals surface area (Å²) < 4.78 is 0. The molecular weight excluding hydrogens is 238 g/mol. The lowest BCUT2D eigenvalue weighted by molar-refractivity contribution is 0.200. The predicted molar refractivity (Wildman–Crippen MR) is 73.5 cm³/mol. The highest BCUT2D eigenvalue weighted by molar-refractivity contribution is 7.99. The summed E-state index contributed by atoms with van der Waals surface area (Å²) >= 11 is 3.43. The Kier molecular flexibility index (Phi) is 5.28. The summed E-state index contributed by atoms with van der Waals surface area (Å²) in [6.45, 7) is 8.60. The Morgan fingerprint density at radius 2 is 2.19 bits per heavy atom. The van der Waals surface area contributed by atoms with Crippen LogP contribution in [-0.4, -0.2) is 27.7 Å². The number of aromatic nitrogens is 1. The molecule has 1 heterocycles. The summed E-state index contributed by atoms with van der Waals surface area (Å²) in [6, 6.07) is 0. The summed E-state index contributed by atoms with van der Waals surface area (Å²) in [7, 11) is 0. The Morgan fingerprint density at radius 3 is 2.69 bits per heavy atom. The molecule has 0 aliphatic heterocycles. The first kappa shape index (κ1) is 14.0. The Labute approximate surface area is 106 Å². The number of thiazole rings is 1. The van der Waals surface area contributed by atoms with Gasteiger partial charge in [0.15, 0.2) is 0 Å². The van der Waals surface area contributed by atoms with Crippen molar-refractivity contribution in [3.8, 4) is 0 Å². The third-order valence-corrected chi connectivity index (χ3v) is 4.14. The van der Waals surface area contributed by atoms with E-state index >= 15 is 0 Å². The number of hydrogen-bond donors (Lipinski definition) is 1. The van der Waals surface area contributed by atoms with Gasteiger partial charge in [0.05, 0.1) is 16.8 Å². The number of hydrogen-bond acceptors (Lipinski definition) is 4. The van der Waals surface area contributed by atoms with Crippen LogP contribution in [0.1, 0.15) is 38.4 Å². The van der Waals surface area contributed by atoms with Gasteiger partial charge in [-0.1, -0.05) is 27.7 Å². The minimum Gasteiger partial charge on any atom is -0.392 e. The molecule has 4 heteroatoms. The van der Waals surface area contributed by atoms with Gasteiger partial charge in [0.1, 0.15) is 0 Å². The van der Waals surface area contributed by atoms with Crippen molar-refractivity contribution in [1.82, 2.24) is 4.98 Å². The maximum Gasteiger partial charge on any atom is 0.0954 e. The Bertz CT molecular complexity index is 317. The maximum absolute atomic E-state index is 9.79. The van der Waals surface area contributed by atoms with Crippen molar-refractivity contribution in [3.05, 3.63) is 16.1 Å². The van der Waals surface area contributed by atoms with Crippen molar-refractivity contribution in [2.75, 3.05) is 11.5 Å². The average Bonchev–Trinajstić information content (AvgIpc) is 2.62. The van der Waals surface area contributed by atoms with Crippen molar-refractivity contribution < 1.29 is 5.11 Å². The second kappa shape index (κ2) is 6.03. The molecule has 92 valence electrons. The molecule has 0 aromatic carbocycles. The molecule has 0 aliphatic carbocycles. The molecule has 1 aromatic heterocycles. The fourth-order valence-corrected chi connectivity index (χ4v) is 2.98. The summed E-state index contributed by atoms with van der Waals surface area (Å²) in [4.78, 5) is 4.58. The zero-order valence-corrected chi connectivity index (χ0v) is 12.1. The van der Waals surface area contributed by atoms with E-state index in [2.05, 4.69) is 38.1 Å². The van der Waals surface area contributed by atoms with Gasteiger partial charge in [-0.25, -0.2) is 4.98 Å². The summed E-state index contributed by atoms with van der Waals surface area (Å²) in [5.41, 5.74) is 1.24. The van der Waals surface area contributed by atoms with Crippen LogP contribution < -0.4 is 0 Å². The van der Waals surface area contributed by atoms with E-state index in [1.165, 1.54) is 0 Å². The van der Waals surface area contributed by atoms with Crippen molar-refractivity contribution in [2.45, 2.75) is 45.6 Å². The lowest BCUT2D eigenvalue weighted by atomic mass is 9.93. The van der Waals surface area contributed by atoms with Crippen molar-refractivity contribution in [1.29, 1.82) is 0 Å². The Morgan fingerprint density at radius 1 is 1.50 bits per heavy atom. The van der Waals surface area contributed by atoms with Gasteiger partial charge in [0.25, 0.3) is 0 Å². The second-order valence-corrected chi connectivity index (χ2v) is 7.16. The topological polar surface area (TPSA) is 33.1 Å². The van der Waals surface area contributed by atoms with Crippen LogP contribution >= 0.6 is 23.1 Å². The van der Waals surface area contributed by atoms with Crippen LogP contribution in [0.2, 0.25) is 0 Å². The predicted octanol–water partition coefficient (Wildman–Crippen LogP) is 3.10. The van der Waals surface area contributed by atoms with E-state index in [1.807, 2.05) is 0 Å². The standard InChI is InChI=1S/C12H21NOS2/c1-5-15-7-9(14)6-11-13-10(8-16-11)12(2,3)4/h8-9,14H,5-7H2,1-4H3. The van der Waals surface area contributed by atoms with Gasteiger partial charge in [-0.15, -0.1) is 11.3 Å². The van der Waals surface area contributed by atoms with Crippen LogP contribution in [-0.2, 0) is 11.8 Å². The first-order valence-corrected chi connectivity index (χ1v) is 7.67. The fourth-order valence-electron chi connectivity index (χ4n) is 1.26. The molecular formula is C12H21NOS2. The zero-order valence-electron chi connectivity index (χ0n) is 10.5. The molecule has 0 saturated carbocycles. The maximum atomic E-state index is 9.79. The average molecular weight is 259 g/mol. The molecule has 1 unspecified atom stereocenters.